The van der Waals surface area contributed by atoms with E-state index in [9.17, 15) is 4.79 Å². The van der Waals surface area contributed by atoms with Gasteiger partial charge in [0, 0.05) is 16.1 Å². The molecular weight excluding hydrogens is 272 g/mol. The molecule has 0 fully saturated rings. The molecule has 2 rings (SSSR count). The van der Waals surface area contributed by atoms with Crippen LogP contribution < -0.4 is 5.43 Å². The number of hydrogen-bond donors (Lipinski definition) is 1. The van der Waals surface area contributed by atoms with E-state index in [2.05, 4.69) is 17.5 Å². The zero-order valence-electron chi connectivity index (χ0n) is 11.1. The van der Waals surface area contributed by atoms with E-state index < -0.39 is 0 Å². The van der Waals surface area contributed by atoms with Crippen molar-refractivity contribution in [3.05, 3.63) is 70.2 Å². The van der Waals surface area contributed by atoms with Crippen LogP contribution in [0.4, 0.5) is 0 Å². The number of benzene rings is 2. The van der Waals surface area contributed by atoms with Gasteiger partial charge in [-0.25, -0.2) is 5.43 Å². The van der Waals surface area contributed by atoms with Crippen LogP contribution in [0.2, 0.25) is 5.02 Å². The minimum Gasteiger partial charge on any atom is -0.267 e. The SMILES string of the molecule is CCc1ccc(C(=O)N/N=C\c2ccccc2Cl)cc1. The van der Waals surface area contributed by atoms with Gasteiger partial charge in [-0.2, -0.15) is 5.10 Å². The molecule has 0 atom stereocenters. The molecule has 0 aliphatic carbocycles. The van der Waals surface area contributed by atoms with Crippen LogP contribution in [-0.2, 0) is 6.42 Å². The first-order valence-corrected chi connectivity index (χ1v) is 6.75. The molecule has 0 saturated heterocycles. The van der Waals surface area contributed by atoms with Gasteiger partial charge in [0.2, 0.25) is 0 Å². The lowest BCUT2D eigenvalue weighted by atomic mass is 10.1. The second kappa shape index (κ2) is 6.87. The van der Waals surface area contributed by atoms with E-state index in [4.69, 9.17) is 11.6 Å². The van der Waals surface area contributed by atoms with Gasteiger partial charge in [0.1, 0.15) is 0 Å². The van der Waals surface area contributed by atoms with Crippen molar-refractivity contribution < 1.29 is 4.79 Å². The highest BCUT2D eigenvalue weighted by Gasteiger charge is 2.03. The summed E-state index contributed by atoms with van der Waals surface area (Å²) in [6, 6.07) is 14.8. The number of rotatable bonds is 4. The van der Waals surface area contributed by atoms with Crippen LogP contribution in [0.5, 0.6) is 0 Å². The molecule has 0 bridgehead atoms. The molecule has 4 heteroatoms. The smallest absolute Gasteiger partial charge is 0.267 e. The summed E-state index contributed by atoms with van der Waals surface area (Å²) in [5, 5.41) is 4.51. The highest BCUT2D eigenvalue weighted by Crippen LogP contribution is 2.12. The van der Waals surface area contributed by atoms with Gasteiger partial charge < -0.3 is 0 Å². The third-order valence-electron chi connectivity index (χ3n) is 2.90. The maximum Gasteiger partial charge on any atom is 0.271 e. The maximum absolute atomic E-state index is 11.9. The fourth-order valence-corrected chi connectivity index (χ4v) is 1.88. The molecular formula is C16H15ClN2O. The van der Waals surface area contributed by atoms with Crippen molar-refractivity contribution in [1.29, 1.82) is 0 Å². The van der Waals surface area contributed by atoms with Crippen molar-refractivity contribution in [2.75, 3.05) is 0 Å². The molecule has 3 nitrogen and oxygen atoms in total. The fourth-order valence-electron chi connectivity index (χ4n) is 1.70. The summed E-state index contributed by atoms with van der Waals surface area (Å²) in [7, 11) is 0. The van der Waals surface area contributed by atoms with E-state index in [-0.39, 0.29) is 5.91 Å². The van der Waals surface area contributed by atoms with Crippen molar-refractivity contribution in [3.8, 4) is 0 Å². The first kappa shape index (κ1) is 14.3. The number of halogens is 1. The lowest BCUT2D eigenvalue weighted by molar-refractivity contribution is 0.0955. The summed E-state index contributed by atoms with van der Waals surface area (Å²) in [6.07, 6.45) is 2.48. The van der Waals surface area contributed by atoms with E-state index >= 15 is 0 Å². The molecule has 0 aliphatic heterocycles. The molecule has 0 aliphatic rings. The lowest BCUT2D eigenvalue weighted by Crippen LogP contribution is -2.17. The predicted octanol–water partition coefficient (Wildman–Crippen LogP) is 3.67. The lowest BCUT2D eigenvalue weighted by Gasteiger charge is -2.01. The molecule has 0 radical (unpaired) electrons. The van der Waals surface area contributed by atoms with Gasteiger partial charge in [0.15, 0.2) is 0 Å². The molecule has 102 valence electrons. The molecule has 2 aromatic carbocycles. The molecule has 2 aromatic rings. The summed E-state index contributed by atoms with van der Waals surface area (Å²) in [6.45, 7) is 2.07. The van der Waals surface area contributed by atoms with E-state index in [0.29, 0.717) is 10.6 Å². The number of hydrogen-bond acceptors (Lipinski definition) is 2. The number of nitrogens with one attached hydrogen (secondary N) is 1. The molecule has 1 N–H and O–H groups in total. The van der Waals surface area contributed by atoms with Crippen LogP contribution in [-0.4, -0.2) is 12.1 Å². The molecule has 0 heterocycles. The summed E-state index contributed by atoms with van der Waals surface area (Å²) >= 11 is 5.99. The Balaban J connectivity index is 1.99. The number of carbonyl (C=O) groups is 1. The Bertz CT molecular complexity index is 621. The van der Waals surface area contributed by atoms with Gasteiger partial charge in [-0.3, -0.25) is 4.79 Å². The normalized spacial score (nSPS) is 10.7. The van der Waals surface area contributed by atoms with E-state index in [1.165, 1.54) is 11.8 Å². The molecule has 0 unspecified atom stereocenters. The minimum atomic E-state index is -0.240. The number of amides is 1. The number of carbonyl (C=O) groups excluding carboxylic acids is 1. The Kier molecular flexibility index (Phi) is 4.91. The van der Waals surface area contributed by atoms with Gasteiger partial charge >= 0.3 is 0 Å². The van der Waals surface area contributed by atoms with Crippen LogP contribution in [0.1, 0.15) is 28.4 Å². The summed E-state index contributed by atoms with van der Waals surface area (Å²) < 4.78 is 0. The summed E-state index contributed by atoms with van der Waals surface area (Å²) in [5.41, 5.74) is 5.02. The quantitative estimate of drug-likeness (QED) is 0.676. The molecule has 0 saturated carbocycles. The van der Waals surface area contributed by atoms with Gasteiger partial charge in [0.25, 0.3) is 5.91 Å². The maximum atomic E-state index is 11.9. The van der Waals surface area contributed by atoms with Crippen molar-refractivity contribution >= 4 is 23.7 Å². The number of nitrogens with zero attached hydrogens (tertiary/aromatic N) is 1. The number of aryl methyl sites for hydroxylation is 1. The zero-order valence-corrected chi connectivity index (χ0v) is 11.9. The van der Waals surface area contributed by atoms with Crippen LogP contribution in [0.3, 0.4) is 0 Å². The standard InChI is InChI=1S/C16H15ClN2O/c1-2-12-7-9-13(10-8-12)16(20)19-18-11-14-5-3-4-6-15(14)17/h3-11H,2H2,1H3,(H,19,20)/b18-11-. The van der Waals surface area contributed by atoms with Crippen molar-refractivity contribution in [2.45, 2.75) is 13.3 Å². The van der Waals surface area contributed by atoms with Crippen LogP contribution in [0.15, 0.2) is 53.6 Å². The Morgan fingerprint density at radius 1 is 1.20 bits per heavy atom. The first-order chi connectivity index (χ1) is 9.70. The fraction of sp³-hybridized carbons (Fsp3) is 0.125. The van der Waals surface area contributed by atoms with Crippen LogP contribution in [0.25, 0.3) is 0 Å². The minimum absolute atomic E-state index is 0.240. The van der Waals surface area contributed by atoms with Gasteiger partial charge in [-0.15, -0.1) is 0 Å². The molecule has 20 heavy (non-hydrogen) atoms. The average Bonchev–Trinajstić information content (AvgIpc) is 2.49. The van der Waals surface area contributed by atoms with E-state index in [1.54, 1.807) is 18.2 Å². The van der Waals surface area contributed by atoms with E-state index in [0.717, 1.165) is 12.0 Å². The third-order valence-corrected chi connectivity index (χ3v) is 3.24. The van der Waals surface area contributed by atoms with Crippen LogP contribution >= 0.6 is 11.6 Å². The average molecular weight is 287 g/mol. The third kappa shape index (κ3) is 3.68. The molecule has 0 spiro atoms. The van der Waals surface area contributed by atoms with Crippen LogP contribution in [0, 0.1) is 0 Å². The van der Waals surface area contributed by atoms with Crippen molar-refractivity contribution in [1.82, 2.24) is 5.43 Å². The Hall–Kier alpha value is -2.13. The van der Waals surface area contributed by atoms with Crippen molar-refractivity contribution in [3.63, 3.8) is 0 Å². The molecule has 0 aromatic heterocycles. The second-order valence-corrected chi connectivity index (χ2v) is 4.68. The second-order valence-electron chi connectivity index (χ2n) is 4.27. The van der Waals surface area contributed by atoms with Gasteiger partial charge in [-0.1, -0.05) is 48.9 Å². The molecule has 1 amide bonds. The first-order valence-electron chi connectivity index (χ1n) is 6.37. The van der Waals surface area contributed by atoms with Gasteiger partial charge in [0.05, 0.1) is 6.21 Å². The van der Waals surface area contributed by atoms with Gasteiger partial charge in [-0.05, 0) is 30.2 Å². The van der Waals surface area contributed by atoms with E-state index in [1.807, 2.05) is 30.3 Å². The topological polar surface area (TPSA) is 41.5 Å². The monoisotopic (exact) mass is 286 g/mol. The summed E-state index contributed by atoms with van der Waals surface area (Å²) in [4.78, 5) is 11.9. The zero-order chi connectivity index (χ0) is 14.4. The summed E-state index contributed by atoms with van der Waals surface area (Å²) in [5.74, 6) is -0.240. The Morgan fingerprint density at radius 2 is 1.90 bits per heavy atom. The number of hydrazone groups is 1. The predicted molar refractivity (Wildman–Crippen MR) is 82.3 cm³/mol. The van der Waals surface area contributed by atoms with Crippen molar-refractivity contribution in [2.24, 2.45) is 5.10 Å². The highest BCUT2D eigenvalue weighted by atomic mass is 35.5. The highest BCUT2D eigenvalue weighted by molar-refractivity contribution is 6.33. The Labute approximate surface area is 123 Å². The largest absolute Gasteiger partial charge is 0.271 e. The Morgan fingerprint density at radius 3 is 2.55 bits per heavy atom.